The van der Waals surface area contributed by atoms with Crippen molar-refractivity contribution in [2.24, 2.45) is 0 Å². The number of anilines is 1. The van der Waals surface area contributed by atoms with Crippen LogP contribution in [0.2, 0.25) is 0 Å². The molecule has 0 saturated carbocycles. The molecule has 16 heavy (non-hydrogen) atoms. The maximum atomic E-state index is 4.47. The van der Waals surface area contributed by atoms with Gasteiger partial charge in [0.05, 0.1) is 12.0 Å². The van der Waals surface area contributed by atoms with Gasteiger partial charge in [0, 0.05) is 25.8 Å². The summed E-state index contributed by atoms with van der Waals surface area (Å²) >= 11 is 0. The SMILES string of the molecule is CN(C)c1ccnc2c1ncn2C(C)(C)C. The highest BCUT2D eigenvalue weighted by atomic mass is 15.2. The molecule has 0 fully saturated rings. The van der Waals surface area contributed by atoms with E-state index in [0.29, 0.717) is 0 Å². The molecule has 0 amide bonds. The topological polar surface area (TPSA) is 34.0 Å². The summed E-state index contributed by atoms with van der Waals surface area (Å²) in [7, 11) is 4.04. The molecular weight excluding hydrogens is 200 g/mol. The molecule has 0 radical (unpaired) electrons. The molecule has 0 aliphatic heterocycles. The molecule has 0 spiro atoms. The van der Waals surface area contributed by atoms with Crippen LogP contribution in [0.3, 0.4) is 0 Å². The second kappa shape index (κ2) is 3.47. The monoisotopic (exact) mass is 218 g/mol. The molecule has 2 rings (SSSR count). The van der Waals surface area contributed by atoms with Crippen molar-refractivity contribution in [3.63, 3.8) is 0 Å². The second-order valence-electron chi connectivity index (χ2n) is 5.18. The van der Waals surface area contributed by atoms with Crippen LogP contribution in [-0.2, 0) is 5.54 Å². The number of pyridine rings is 1. The lowest BCUT2D eigenvalue weighted by molar-refractivity contribution is 0.406. The van der Waals surface area contributed by atoms with E-state index < -0.39 is 0 Å². The van der Waals surface area contributed by atoms with Gasteiger partial charge in [-0.2, -0.15) is 0 Å². The number of rotatable bonds is 1. The van der Waals surface area contributed by atoms with Crippen LogP contribution in [0.4, 0.5) is 5.69 Å². The van der Waals surface area contributed by atoms with Gasteiger partial charge in [0.25, 0.3) is 0 Å². The number of hydrogen-bond donors (Lipinski definition) is 0. The van der Waals surface area contributed by atoms with E-state index in [1.165, 1.54) is 0 Å². The molecule has 86 valence electrons. The molecule has 2 aromatic rings. The summed E-state index contributed by atoms with van der Waals surface area (Å²) in [6.07, 6.45) is 3.70. The highest BCUT2D eigenvalue weighted by Crippen LogP contribution is 2.26. The molecule has 0 aliphatic rings. The van der Waals surface area contributed by atoms with Gasteiger partial charge in [-0.05, 0) is 26.8 Å². The van der Waals surface area contributed by atoms with Crippen LogP contribution >= 0.6 is 0 Å². The summed E-state index contributed by atoms with van der Waals surface area (Å²) in [5.74, 6) is 0. The van der Waals surface area contributed by atoms with Crippen LogP contribution < -0.4 is 4.90 Å². The Hall–Kier alpha value is -1.58. The molecule has 0 N–H and O–H groups in total. The average molecular weight is 218 g/mol. The Morgan fingerprint density at radius 1 is 1.19 bits per heavy atom. The van der Waals surface area contributed by atoms with Crippen LogP contribution in [0.5, 0.6) is 0 Å². The Balaban J connectivity index is 2.71. The van der Waals surface area contributed by atoms with E-state index in [0.717, 1.165) is 16.9 Å². The summed E-state index contributed by atoms with van der Waals surface area (Å²) < 4.78 is 2.11. The van der Waals surface area contributed by atoms with Gasteiger partial charge in [-0.3, -0.25) is 0 Å². The lowest BCUT2D eigenvalue weighted by Crippen LogP contribution is -2.21. The Morgan fingerprint density at radius 2 is 1.88 bits per heavy atom. The molecule has 2 heterocycles. The van der Waals surface area contributed by atoms with Crippen molar-refractivity contribution in [3.8, 4) is 0 Å². The smallest absolute Gasteiger partial charge is 0.162 e. The van der Waals surface area contributed by atoms with Gasteiger partial charge in [0.2, 0.25) is 0 Å². The van der Waals surface area contributed by atoms with Crippen LogP contribution in [0.15, 0.2) is 18.6 Å². The first-order chi connectivity index (χ1) is 7.41. The molecule has 0 saturated heterocycles. The van der Waals surface area contributed by atoms with Gasteiger partial charge >= 0.3 is 0 Å². The standard InChI is InChI=1S/C12H18N4/c1-12(2,3)16-8-14-10-9(15(4)5)6-7-13-11(10)16/h6-8H,1-5H3. The molecular formula is C12H18N4. The van der Waals surface area contributed by atoms with Gasteiger partial charge in [0.1, 0.15) is 5.52 Å². The van der Waals surface area contributed by atoms with Gasteiger partial charge < -0.3 is 9.47 Å². The third kappa shape index (κ3) is 1.64. The molecule has 4 nitrogen and oxygen atoms in total. The number of aromatic nitrogens is 3. The quantitative estimate of drug-likeness (QED) is 0.736. The average Bonchev–Trinajstić information content (AvgIpc) is 2.59. The predicted octanol–water partition coefficient (Wildman–Crippen LogP) is 2.25. The van der Waals surface area contributed by atoms with Gasteiger partial charge in [-0.25, -0.2) is 9.97 Å². The summed E-state index contributed by atoms with van der Waals surface area (Å²) in [5.41, 5.74) is 3.02. The van der Waals surface area contributed by atoms with Gasteiger partial charge in [-0.15, -0.1) is 0 Å². The van der Waals surface area contributed by atoms with Crippen molar-refractivity contribution < 1.29 is 0 Å². The minimum Gasteiger partial charge on any atom is -0.376 e. The second-order valence-corrected chi connectivity index (χ2v) is 5.18. The molecule has 0 aliphatic carbocycles. The largest absolute Gasteiger partial charge is 0.376 e. The number of nitrogens with zero attached hydrogens (tertiary/aromatic N) is 4. The van der Waals surface area contributed by atoms with E-state index in [1.807, 2.05) is 32.7 Å². The van der Waals surface area contributed by atoms with Crippen molar-refractivity contribution in [1.29, 1.82) is 0 Å². The highest BCUT2D eigenvalue weighted by Gasteiger charge is 2.18. The normalized spacial score (nSPS) is 12.1. The fourth-order valence-corrected chi connectivity index (χ4v) is 1.76. The molecule has 0 unspecified atom stereocenters. The maximum Gasteiger partial charge on any atom is 0.162 e. The van der Waals surface area contributed by atoms with Gasteiger partial charge in [-0.1, -0.05) is 0 Å². The van der Waals surface area contributed by atoms with E-state index in [2.05, 4.69) is 40.2 Å². The molecule has 2 aromatic heterocycles. The zero-order valence-corrected chi connectivity index (χ0v) is 10.5. The number of hydrogen-bond acceptors (Lipinski definition) is 3. The van der Waals surface area contributed by atoms with Crippen molar-refractivity contribution in [2.45, 2.75) is 26.3 Å². The highest BCUT2D eigenvalue weighted by molar-refractivity contribution is 5.85. The summed E-state index contributed by atoms with van der Waals surface area (Å²) in [4.78, 5) is 10.9. The van der Waals surface area contributed by atoms with E-state index >= 15 is 0 Å². The first kappa shape index (κ1) is 10.9. The van der Waals surface area contributed by atoms with E-state index in [-0.39, 0.29) is 5.54 Å². The summed E-state index contributed by atoms with van der Waals surface area (Å²) in [6, 6.07) is 1.99. The van der Waals surface area contributed by atoms with Gasteiger partial charge in [0.15, 0.2) is 5.65 Å². The van der Waals surface area contributed by atoms with Crippen molar-refractivity contribution in [1.82, 2.24) is 14.5 Å². The summed E-state index contributed by atoms with van der Waals surface area (Å²) in [6.45, 7) is 6.45. The molecule has 4 heteroatoms. The first-order valence-corrected chi connectivity index (χ1v) is 5.41. The van der Waals surface area contributed by atoms with Crippen LogP contribution in [0, 0.1) is 0 Å². The Morgan fingerprint density at radius 3 is 2.44 bits per heavy atom. The first-order valence-electron chi connectivity index (χ1n) is 5.41. The third-order valence-electron chi connectivity index (χ3n) is 2.62. The maximum absolute atomic E-state index is 4.47. The minimum atomic E-state index is 0.00663. The molecule has 0 atom stereocenters. The lowest BCUT2D eigenvalue weighted by atomic mass is 10.1. The third-order valence-corrected chi connectivity index (χ3v) is 2.62. The fraction of sp³-hybridized carbons (Fsp3) is 0.500. The lowest BCUT2D eigenvalue weighted by Gasteiger charge is -2.21. The Bertz CT molecular complexity index is 505. The van der Waals surface area contributed by atoms with E-state index in [9.17, 15) is 0 Å². The predicted molar refractivity (Wildman–Crippen MR) is 66.9 cm³/mol. The minimum absolute atomic E-state index is 0.00663. The van der Waals surface area contributed by atoms with Crippen LogP contribution in [-0.4, -0.2) is 28.6 Å². The number of imidazole rings is 1. The van der Waals surface area contributed by atoms with Crippen molar-refractivity contribution in [3.05, 3.63) is 18.6 Å². The number of fused-ring (bicyclic) bond motifs is 1. The molecule has 0 bridgehead atoms. The van der Waals surface area contributed by atoms with Crippen LogP contribution in [0.25, 0.3) is 11.2 Å². The van der Waals surface area contributed by atoms with Crippen molar-refractivity contribution >= 4 is 16.9 Å². The van der Waals surface area contributed by atoms with Crippen LogP contribution in [0.1, 0.15) is 20.8 Å². The van der Waals surface area contributed by atoms with E-state index in [1.54, 1.807) is 0 Å². The van der Waals surface area contributed by atoms with E-state index in [4.69, 9.17) is 0 Å². The molecule has 0 aromatic carbocycles. The zero-order chi connectivity index (χ0) is 11.9. The Kier molecular flexibility index (Phi) is 2.37. The summed E-state index contributed by atoms with van der Waals surface area (Å²) in [5, 5.41) is 0. The van der Waals surface area contributed by atoms with Crippen molar-refractivity contribution in [2.75, 3.05) is 19.0 Å². The fourth-order valence-electron chi connectivity index (χ4n) is 1.76. The Labute approximate surface area is 95.9 Å². The zero-order valence-electron chi connectivity index (χ0n) is 10.5.